The maximum atomic E-state index is 12.8. The summed E-state index contributed by atoms with van der Waals surface area (Å²) in [5, 5.41) is 7.43. The van der Waals surface area contributed by atoms with Gasteiger partial charge in [0.25, 0.3) is 0 Å². The highest BCUT2D eigenvalue weighted by Gasteiger charge is 2.34. The lowest BCUT2D eigenvalue weighted by molar-refractivity contribution is -0.139. The Morgan fingerprint density at radius 1 is 1.23 bits per heavy atom. The Hall–Kier alpha value is -2.70. The number of hydrogen-bond donors (Lipinski definition) is 1. The molecule has 138 valence electrons. The first-order valence-electron chi connectivity index (χ1n) is 9.16. The van der Waals surface area contributed by atoms with Gasteiger partial charge in [0.15, 0.2) is 0 Å². The summed E-state index contributed by atoms with van der Waals surface area (Å²) in [7, 11) is 0. The van der Waals surface area contributed by atoms with Crippen LogP contribution in [0.4, 0.5) is 5.95 Å². The molecular formula is C19H25N5O2. The van der Waals surface area contributed by atoms with Crippen molar-refractivity contribution >= 4 is 11.9 Å². The summed E-state index contributed by atoms with van der Waals surface area (Å²) in [4.78, 5) is 21.1. The number of fused-ring (bicyclic) bond motifs is 1. The number of pyridine rings is 1. The third-order valence-corrected chi connectivity index (χ3v) is 4.52. The van der Waals surface area contributed by atoms with Crippen molar-refractivity contribution in [2.45, 2.75) is 52.0 Å². The van der Waals surface area contributed by atoms with E-state index in [2.05, 4.69) is 27.3 Å². The van der Waals surface area contributed by atoms with Gasteiger partial charge in [-0.15, -0.1) is 0 Å². The van der Waals surface area contributed by atoms with Gasteiger partial charge in [-0.2, -0.15) is 10.1 Å². The number of esters is 1. The average Bonchev–Trinajstić information content (AvgIpc) is 3.11. The number of rotatable bonds is 8. The monoisotopic (exact) mass is 355 g/mol. The second kappa shape index (κ2) is 8.60. The third-order valence-electron chi connectivity index (χ3n) is 4.52. The fourth-order valence-corrected chi connectivity index (χ4v) is 3.16. The molecule has 3 heterocycles. The lowest BCUT2D eigenvalue weighted by Crippen LogP contribution is -2.29. The number of hydrogen-bond acceptors (Lipinski definition) is 6. The van der Waals surface area contributed by atoms with Crippen LogP contribution in [0.3, 0.4) is 0 Å². The number of nitrogens with zero attached hydrogens (tertiary/aromatic N) is 4. The summed E-state index contributed by atoms with van der Waals surface area (Å²) < 4.78 is 7.27. The molecule has 1 atom stereocenters. The van der Waals surface area contributed by atoms with Gasteiger partial charge in [-0.1, -0.05) is 32.6 Å². The zero-order chi connectivity index (χ0) is 18.4. The van der Waals surface area contributed by atoms with Gasteiger partial charge in [-0.3, -0.25) is 4.98 Å². The van der Waals surface area contributed by atoms with E-state index in [0.29, 0.717) is 18.1 Å². The molecule has 0 fully saturated rings. The molecule has 0 saturated heterocycles. The summed E-state index contributed by atoms with van der Waals surface area (Å²) in [5.74, 6) is 0.300. The van der Waals surface area contributed by atoms with Crippen molar-refractivity contribution in [1.82, 2.24) is 19.7 Å². The third kappa shape index (κ3) is 3.92. The van der Waals surface area contributed by atoms with E-state index < -0.39 is 0 Å². The predicted octanol–water partition coefficient (Wildman–Crippen LogP) is 3.48. The fourth-order valence-electron chi connectivity index (χ4n) is 3.16. The van der Waals surface area contributed by atoms with Crippen LogP contribution in [0.25, 0.3) is 0 Å². The number of carbonyl (C=O) groups is 1. The van der Waals surface area contributed by atoms with Crippen LogP contribution in [0.1, 0.15) is 57.6 Å². The molecule has 3 rings (SSSR count). The molecule has 0 amide bonds. The van der Waals surface area contributed by atoms with Crippen molar-refractivity contribution in [2.24, 2.45) is 0 Å². The van der Waals surface area contributed by atoms with Crippen LogP contribution < -0.4 is 5.32 Å². The van der Waals surface area contributed by atoms with Crippen molar-refractivity contribution in [3.63, 3.8) is 0 Å². The summed E-state index contributed by atoms with van der Waals surface area (Å²) in [6.45, 7) is 4.49. The first-order chi connectivity index (χ1) is 12.7. The SMILES string of the molecule is CCCCCCCOC(=O)C1=C(C)Nc2ncnn2C1c1ccncc1. The number of ether oxygens (including phenoxy) is 1. The molecule has 1 aliphatic rings. The fraction of sp³-hybridized carbons (Fsp3) is 0.474. The Kier molecular flexibility index (Phi) is 5.99. The molecule has 0 aromatic carbocycles. The molecule has 0 bridgehead atoms. The first-order valence-corrected chi connectivity index (χ1v) is 9.16. The number of aromatic nitrogens is 4. The van der Waals surface area contributed by atoms with E-state index in [9.17, 15) is 4.79 Å². The molecule has 0 spiro atoms. The molecule has 1 aliphatic heterocycles. The number of carbonyl (C=O) groups excluding carboxylic acids is 1. The minimum absolute atomic E-state index is 0.312. The summed E-state index contributed by atoms with van der Waals surface area (Å²) in [5.41, 5.74) is 2.22. The lowest BCUT2D eigenvalue weighted by atomic mass is 9.96. The Labute approximate surface area is 153 Å². The Morgan fingerprint density at radius 2 is 2.00 bits per heavy atom. The smallest absolute Gasteiger partial charge is 0.338 e. The maximum Gasteiger partial charge on any atom is 0.338 e. The minimum Gasteiger partial charge on any atom is -0.462 e. The maximum absolute atomic E-state index is 12.8. The van der Waals surface area contributed by atoms with Gasteiger partial charge in [0.1, 0.15) is 12.4 Å². The molecule has 26 heavy (non-hydrogen) atoms. The molecule has 0 radical (unpaired) electrons. The van der Waals surface area contributed by atoms with Crippen LogP contribution in [-0.4, -0.2) is 32.3 Å². The van der Waals surface area contributed by atoms with Crippen LogP contribution in [-0.2, 0) is 9.53 Å². The van der Waals surface area contributed by atoms with Crippen LogP contribution in [0.2, 0.25) is 0 Å². The topological polar surface area (TPSA) is 81.9 Å². The van der Waals surface area contributed by atoms with Gasteiger partial charge >= 0.3 is 5.97 Å². The van der Waals surface area contributed by atoms with E-state index in [-0.39, 0.29) is 12.0 Å². The number of unbranched alkanes of at least 4 members (excludes halogenated alkanes) is 4. The van der Waals surface area contributed by atoms with Crippen LogP contribution in [0.5, 0.6) is 0 Å². The quantitative estimate of drug-likeness (QED) is 0.577. The van der Waals surface area contributed by atoms with Gasteiger partial charge in [0.2, 0.25) is 5.95 Å². The summed E-state index contributed by atoms with van der Waals surface area (Å²) >= 11 is 0. The van der Waals surface area contributed by atoms with Gasteiger partial charge < -0.3 is 10.1 Å². The lowest BCUT2D eigenvalue weighted by Gasteiger charge is -2.28. The molecule has 1 unspecified atom stereocenters. The Balaban J connectivity index is 1.76. The van der Waals surface area contributed by atoms with E-state index in [0.717, 1.165) is 24.1 Å². The highest BCUT2D eigenvalue weighted by atomic mass is 16.5. The number of nitrogens with one attached hydrogen (secondary N) is 1. The number of anilines is 1. The Bertz CT molecular complexity index is 769. The molecule has 0 aliphatic carbocycles. The minimum atomic E-state index is -0.371. The van der Waals surface area contributed by atoms with Crippen LogP contribution in [0.15, 0.2) is 42.1 Å². The van der Waals surface area contributed by atoms with Gasteiger partial charge in [-0.05, 0) is 31.0 Å². The number of allylic oxidation sites excluding steroid dienone is 1. The second-order valence-corrected chi connectivity index (χ2v) is 6.43. The predicted molar refractivity (Wildman–Crippen MR) is 98.4 cm³/mol. The van der Waals surface area contributed by atoms with Crippen LogP contribution >= 0.6 is 0 Å². The zero-order valence-corrected chi connectivity index (χ0v) is 15.3. The van der Waals surface area contributed by atoms with Gasteiger partial charge in [0.05, 0.1) is 12.2 Å². The highest BCUT2D eigenvalue weighted by molar-refractivity contribution is 5.92. The summed E-state index contributed by atoms with van der Waals surface area (Å²) in [6.07, 6.45) is 10.5. The van der Waals surface area contributed by atoms with Crippen molar-refractivity contribution < 1.29 is 9.53 Å². The van der Waals surface area contributed by atoms with E-state index in [1.807, 2.05) is 19.1 Å². The molecule has 1 N–H and O–H groups in total. The summed E-state index contributed by atoms with van der Waals surface area (Å²) in [6, 6.07) is 3.39. The van der Waals surface area contributed by atoms with E-state index in [1.165, 1.54) is 25.6 Å². The average molecular weight is 355 g/mol. The zero-order valence-electron chi connectivity index (χ0n) is 15.3. The largest absolute Gasteiger partial charge is 0.462 e. The molecule has 2 aromatic heterocycles. The Morgan fingerprint density at radius 3 is 2.77 bits per heavy atom. The van der Waals surface area contributed by atoms with E-state index in [4.69, 9.17) is 4.74 Å². The van der Waals surface area contributed by atoms with Gasteiger partial charge in [-0.25, -0.2) is 9.48 Å². The van der Waals surface area contributed by atoms with Crippen molar-refractivity contribution in [3.8, 4) is 0 Å². The van der Waals surface area contributed by atoms with Gasteiger partial charge in [0, 0.05) is 18.1 Å². The molecule has 0 saturated carbocycles. The molecular weight excluding hydrogens is 330 g/mol. The van der Waals surface area contributed by atoms with Crippen molar-refractivity contribution in [1.29, 1.82) is 0 Å². The van der Waals surface area contributed by atoms with Crippen molar-refractivity contribution in [2.75, 3.05) is 11.9 Å². The van der Waals surface area contributed by atoms with Crippen LogP contribution in [0, 0.1) is 0 Å². The van der Waals surface area contributed by atoms with E-state index in [1.54, 1.807) is 17.1 Å². The normalized spacial score (nSPS) is 16.2. The highest BCUT2D eigenvalue weighted by Crippen LogP contribution is 2.34. The van der Waals surface area contributed by atoms with Crippen molar-refractivity contribution in [3.05, 3.63) is 47.7 Å². The molecule has 7 heteroatoms. The second-order valence-electron chi connectivity index (χ2n) is 6.43. The first kappa shape index (κ1) is 18.1. The molecule has 2 aromatic rings. The van der Waals surface area contributed by atoms with E-state index >= 15 is 0 Å². The standard InChI is InChI=1S/C19H25N5O2/c1-3-4-5-6-7-12-26-18(25)16-14(2)23-19-21-13-22-24(19)17(16)15-8-10-20-11-9-15/h8-11,13,17H,3-7,12H2,1-2H3,(H,21,22,23). The molecule has 7 nitrogen and oxygen atoms in total.